The average Bonchev–Trinajstić information content (AvgIpc) is 2.67. The summed E-state index contributed by atoms with van der Waals surface area (Å²) in [6.07, 6.45) is 1.81. The van der Waals surface area contributed by atoms with Crippen molar-refractivity contribution in [3.05, 3.63) is 51.6 Å². The van der Waals surface area contributed by atoms with Gasteiger partial charge in [-0.15, -0.1) is 0 Å². The number of pyridine rings is 1. The Kier molecular flexibility index (Phi) is 4.19. The Balaban J connectivity index is 1.98. The molecule has 2 aromatic rings. The molecule has 0 bridgehead atoms. The predicted molar refractivity (Wildman–Crippen MR) is 75.4 cm³/mol. The van der Waals surface area contributed by atoms with Crippen molar-refractivity contribution in [2.75, 3.05) is 0 Å². The maximum absolute atomic E-state index is 5.54. The lowest BCUT2D eigenvalue weighted by Crippen LogP contribution is -2.18. The second-order valence-electron chi connectivity index (χ2n) is 4.44. The highest BCUT2D eigenvalue weighted by Gasteiger charge is 2.12. The van der Waals surface area contributed by atoms with Crippen molar-refractivity contribution in [3.8, 4) is 0 Å². The van der Waals surface area contributed by atoms with Crippen LogP contribution in [-0.4, -0.2) is 4.98 Å². The van der Waals surface area contributed by atoms with Crippen molar-refractivity contribution in [3.63, 3.8) is 0 Å². The molecule has 2 aromatic heterocycles. The van der Waals surface area contributed by atoms with E-state index < -0.39 is 0 Å². The van der Waals surface area contributed by atoms with E-state index in [9.17, 15) is 0 Å². The number of aryl methyl sites for hydroxylation is 2. The molecule has 0 radical (unpaired) electrons. The van der Waals surface area contributed by atoms with Crippen LogP contribution in [0.1, 0.15) is 35.7 Å². The maximum atomic E-state index is 5.54. The van der Waals surface area contributed by atoms with E-state index >= 15 is 0 Å². The molecule has 0 saturated carbocycles. The Morgan fingerprint density at radius 2 is 2.17 bits per heavy atom. The van der Waals surface area contributed by atoms with Crippen LogP contribution in [0, 0.1) is 13.8 Å². The fourth-order valence-corrected chi connectivity index (χ4v) is 2.19. The average molecular weight is 309 g/mol. The minimum Gasteiger partial charge on any atom is -0.466 e. The topological polar surface area (TPSA) is 38.1 Å². The van der Waals surface area contributed by atoms with Crippen LogP contribution in [0.2, 0.25) is 0 Å². The van der Waals surface area contributed by atoms with Gasteiger partial charge in [0.15, 0.2) is 0 Å². The molecule has 0 aliphatic rings. The van der Waals surface area contributed by atoms with E-state index in [1.54, 1.807) is 0 Å². The van der Waals surface area contributed by atoms with Gasteiger partial charge in [0.1, 0.15) is 11.5 Å². The molecule has 0 fully saturated rings. The van der Waals surface area contributed by atoms with Gasteiger partial charge in [-0.3, -0.25) is 4.98 Å². The number of halogens is 1. The van der Waals surface area contributed by atoms with Crippen molar-refractivity contribution >= 4 is 15.9 Å². The van der Waals surface area contributed by atoms with Gasteiger partial charge in [-0.25, -0.2) is 0 Å². The summed E-state index contributed by atoms with van der Waals surface area (Å²) in [5.74, 6) is 1.94. The van der Waals surface area contributed by atoms with E-state index in [2.05, 4.69) is 39.2 Å². The van der Waals surface area contributed by atoms with E-state index in [1.807, 2.05) is 32.2 Å². The number of nitrogens with zero attached hydrogens (tertiary/aromatic N) is 1. The van der Waals surface area contributed by atoms with Crippen molar-refractivity contribution in [1.82, 2.24) is 10.3 Å². The molecule has 0 aromatic carbocycles. The molecule has 1 unspecified atom stereocenters. The molecule has 4 heteroatoms. The summed E-state index contributed by atoms with van der Waals surface area (Å²) in [5.41, 5.74) is 2.24. The SMILES string of the molecule is Cc1cc(C(C)NCc2ccc(Br)cn2)c(C)o1. The van der Waals surface area contributed by atoms with Gasteiger partial charge in [0.05, 0.1) is 5.69 Å². The Hall–Kier alpha value is -1.13. The Labute approximate surface area is 116 Å². The van der Waals surface area contributed by atoms with Gasteiger partial charge in [0.25, 0.3) is 0 Å². The van der Waals surface area contributed by atoms with E-state index in [0.29, 0.717) is 0 Å². The molecular weight excluding hydrogens is 292 g/mol. The summed E-state index contributed by atoms with van der Waals surface area (Å²) >= 11 is 3.38. The summed E-state index contributed by atoms with van der Waals surface area (Å²) in [7, 11) is 0. The molecule has 0 amide bonds. The Morgan fingerprint density at radius 3 is 2.72 bits per heavy atom. The number of rotatable bonds is 4. The first-order valence-corrected chi connectivity index (χ1v) is 6.76. The quantitative estimate of drug-likeness (QED) is 0.930. The highest BCUT2D eigenvalue weighted by Crippen LogP contribution is 2.21. The van der Waals surface area contributed by atoms with Crippen LogP contribution in [-0.2, 0) is 6.54 Å². The van der Waals surface area contributed by atoms with Crippen LogP contribution in [0.15, 0.2) is 33.3 Å². The lowest BCUT2D eigenvalue weighted by Gasteiger charge is -2.12. The first kappa shape index (κ1) is 13.3. The molecule has 0 spiro atoms. The molecule has 2 rings (SSSR count). The van der Waals surface area contributed by atoms with Crippen molar-refractivity contribution in [2.24, 2.45) is 0 Å². The smallest absolute Gasteiger partial charge is 0.105 e. The van der Waals surface area contributed by atoms with Crippen LogP contribution >= 0.6 is 15.9 Å². The Morgan fingerprint density at radius 1 is 1.39 bits per heavy atom. The fraction of sp³-hybridized carbons (Fsp3) is 0.357. The number of aromatic nitrogens is 1. The van der Waals surface area contributed by atoms with E-state index in [-0.39, 0.29) is 6.04 Å². The minimum atomic E-state index is 0.257. The first-order chi connectivity index (χ1) is 8.56. The van der Waals surface area contributed by atoms with Crippen molar-refractivity contribution in [2.45, 2.75) is 33.4 Å². The molecule has 0 saturated heterocycles. The largest absolute Gasteiger partial charge is 0.466 e. The number of hydrogen-bond acceptors (Lipinski definition) is 3. The molecule has 1 atom stereocenters. The second kappa shape index (κ2) is 5.67. The number of furan rings is 1. The predicted octanol–water partition coefficient (Wildman–Crippen LogP) is 3.90. The zero-order valence-corrected chi connectivity index (χ0v) is 12.4. The molecule has 1 N–H and O–H groups in total. The summed E-state index contributed by atoms with van der Waals surface area (Å²) in [6.45, 7) is 6.85. The minimum absolute atomic E-state index is 0.257. The highest BCUT2D eigenvalue weighted by atomic mass is 79.9. The van der Waals surface area contributed by atoms with Crippen molar-refractivity contribution < 1.29 is 4.42 Å². The van der Waals surface area contributed by atoms with Crippen LogP contribution < -0.4 is 5.32 Å². The third kappa shape index (κ3) is 3.21. The summed E-state index contributed by atoms with van der Waals surface area (Å²) in [4.78, 5) is 4.34. The molecule has 18 heavy (non-hydrogen) atoms. The van der Waals surface area contributed by atoms with Crippen LogP contribution in [0.25, 0.3) is 0 Å². The van der Waals surface area contributed by atoms with Crippen LogP contribution in [0.5, 0.6) is 0 Å². The van der Waals surface area contributed by atoms with Gasteiger partial charge in [-0.05, 0) is 54.9 Å². The summed E-state index contributed by atoms with van der Waals surface area (Å²) < 4.78 is 6.54. The van der Waals surface area contributed by atoms with Crippen LogP contribution in [0.3, 0.4) is 0 Å². The molecule has 96 valence electrons. The van der Waals surface area contributed by atoms with Crippen molar-refractivity contribution in [1.29, 1.82) is 0 Å². The van der Waals surface area contributed by atoms with Gasteiger partial charge in [0, 0.05) is 28.8 Å². The van der Waals surface area contributed by atoms with Gasteiger partial charge >= 0.3 is 0 Å². The van der Waals surface area contributed by atoms with E-state index in [0.717, 1.165) is 28.2 Å². The normalized spacial score (nSPS) is 12.7. The fourth-order valence-electron chi connectivity index (χ4n) is 1.96. The molecule has 3 nitrogen and oxygen atoms in total. The zero-order valence-electron chi connectivity index (χ0n) is 10.8. The third-order valence-electron chi connectivity index (χ3n) is 2.92. The third-order valence-corrected chi connectivity index (χ3v) is 3.39. The zero-order chi connectivity index (χ0) is 13.1. The van der Waals surface area contributed by atoms with Gasteiger partial charge in [-0.1, -0.05) is 0 Å². The standard InChI is InChI=1S/C14H17BrN2O/c1-9-6-14(11(3)18-9)10(2)16-8-13-5-4-12(15)7-17-13/h4-7,10,16H,8H2,1-3H3. The lowest BCUT2D eigenvalue weighted by atomic mass is 10.1. The Bertz CT molecular complexity index is 519. The van der Waals surface area contributed by atoms with E-state index in [4.69, 9.17) is 4.42 Å². The lowest BCUT2D eigenvalue weighted by molar-refractivity contribution is 0.489. The molecule has 2 heterocycles. The van der Waals surface area contributed by atoms with Gasteiger partial charge in [-0.2, -0.15) is 0 Å². The monoisotopic (exact) mass is 308 g/mol. The van der Waals surface area contributed by atoms with E-state index in [1.165, 1.54) is 5.56 Å². The summed E-state index contributed by atoms with van der Waals surface area (Å²) in [6, 6.07) is 6.36. The summed E-state index contributed by atoms with van der Waals surface area (Å²) in [5, 5.41) is 3.45. The van der Waals surface area contributed by atoms with Gasteiger partial charge < -0.3 is 9.73 Å². The highest BCUT2D eigenvalue weighted by molar-refractivity contribution is 9.10. The number of nitrogens with one attached hydrogen (secondary N) is 1. The molecule has 0 aliphatic carbocycles. The molecule has 0 aliphatic heterocycles. The first-order valence-electron chi connectivity index (χ1n) is 5.97. The number of hydrogen-bond donors (Lipinski definition) is 1. The van der Waals surface area contributed by atoms with Gasteiger partial charge in [0.2, 0.25) is 0 Å². The molecular formula is C14H17BrN2O. The second-order valence-corrected chi connectivity index (χ2v) is 5.35. The maximum Gasteiger partial charge on any atom is 0.105 e. The van der Waals surface area contributed by atoms with Crippen LogP contribution in [0.4, 0.5) is 0 Å².